The molecule has 0 aromatic heterocycles. The molecule has 1 aliphatic heterocycles. The van der Waals surface area contributed by atoms with Gasteiger partial charge in [-0.2, -0.15) is 0 Å². The van der Waals surface area contributed by atoms with E-state index in [1.54, 1.807) is 0 Å². The summed E-state index contributed by atoms with van der Waals surface area (Å²) >= 11 is 0. The van der Waals surface area contributed by atoms with Crippen LogP contribution in [-0.2, 0) is 20.8 Å². The van der Waals surface area contributed by atoms with Gasteiger partial charge in [0.2, 0.25) is 12.0 Å². The van der Waals surface area contributed by atoms with Crippen LogP contribution in [0.3, 0.4) is 0 Å². The summed E-state index contributed by atoms with van der Waals surface area (Å²) in [6, 6.07) is 16.9. The Hall–Kier alpha value is -3.15. The third kappa shape index (κ3) is 5.67. The van der Waals surface area contributed by atoms with Crippen molar-refractivity contribution in [3.63, 3.8) is 0 Å². The van der Waals surface area contributed by atoms with Gasteiger partial charge in [-0.1, -0.05) is 72.2 Å². The second kappa shape index (κ2) is 9.87. The van der Waals surface area contributed by atoms with Crippen LogP contribution in [0.5, 0.6) is 0 Å². The summed E-state index contributed by atoms with van der Waals surface area (Å²) in [7, 11) is 0. The van der Waals surface area contributed by atoms with Crippen LogP contribution in [0.4, 0.5) is 0 Å². The minimum atomic E-state index is -0.733. The van der Waals surface area contributed by atoms with E-state index >= 15 is 0 Å². The Morgan fingerprint density at radius 1 is 1.14 bits per heavy atom. The molecule has 0 spiro atoms. The van der Waals surface area contributed by atoms with Gasteiger partial charge < -0.3 is 15.5 Å². The number of nitrogens with one attached hydrogen (secondary N) is 2. The van der Waals surface area contributed by atoms with Crippen molar-refractivity contribution in [1.82, 2.24) is 10.6 Å². The fourth-order valence-electron chi connectivity index (χ4n) is 3.13. The van der Waals surface area contributed by atoms with Crippen LogP contribution in [0.25, 0.3) is 0 Å². The van der Waals surface area contributed by atoms with E-state index in [1.165, 1.54) is 0 Å². The number of nitrogens with zero attached hydrogens (tertiary/aromatic N) is 1. The van der Waals surface area contributed by atoms with E-state index in [0.717, 1.165) is 28.8 Å². The first-order valence-corrected chi connectivity index (χ1v) is 9.98. The summed E-state index contributed by atoms with van der Waals surface area (Å²) in [4.78, 5) is 30.7. The molecule has 0 unspecified atom stereocenters. The summed E-state index contributed by atoms with van der Waals surface area (Å²) in [6.07, 6.45) is 0.893. The number of amides is 2. The Balaban J connectivity index is 1.63. The van der Waals surface area contributed by atoms with Crippen LogP contribution in [0.1, 0.15) is 36.5 Å². The van der Waals surface area contributed by atoms with Crippen molar-refractivity contribution >= 4 is 17.5 Å². The molecule has 2 amide bonds. The summed E-state index contributed by atoms with van der Waals surface area (Å²) < 4.78 is 0. The van der Waals surface area contributed by atoms with Crippen LogP contribution >= 0.6 is 0 Å². The van der Waals surface area contributed by atoms with Gasteiger partial charge in [0, 0.05) is 19.4 Å². The predicted molar refractivity (Wildman–Crippen MR) is 113 cm³/mol. The number of carbonyl (C=O) groups excluding carboxylic acids is 2. The molecule has 2 aromatic rings. The molecule has 1 heterocycles. The number of aryl methyl sites for hydroxylation is 1. The number of benzene rings is 2. The molecule has 0 aliphatic carbocycles. The van der Waals surface area contributed by atoms with E-state index < -0.39 is 12.1 Å². The fraction of sp³-hybridized carbons (Fsp3) is 0.348. The van der Waals surface area contributed by atoms with Gasteiger partial charge >= 0.3 is 0 Å². The Morgan fingerprint density at radius 3 is 2.55 bits per heavy atom. The Bertz CT molecular complexity index is 863. The monoisotopic (exact) mass is 393 g/mol. The lowest BCUT2D eigenvalue weighted by molar-refractivity contribution is -0.135. The molecule has 0 saturated heterocycles. The highest BCUT2D eigenvalue weighted by atomic mass is 16.6. The number of hydrogen-bond donors (Lipinski definition) is 2. The average molecular weight is 393 g/mol. The van der Waals surface area contributed by atoms with Crippen molar-refractivity contribution < 1.29 is 14.4 Å². The number of rotatable bonds is 8. The summed E-state index contributed by atoms with van der Waals surface area (Å²) in [6.45, 7) is 4.57. The maximum absolute atomic E-state index is 12.8. The largest absolute Gasteiger partial charge is 0.382 e. The molecule has 2 atom stereocenters. The molecule has 6 heteroatoms. The Morgan fingerprint density at radius 2 is 1.86 bits per heavy atom. The Labute approximate surface area is 171 Å². The van der Waals surface area contributed by atoms with E-state index in [9.17, 15) is 9.59 Å². The van der Waals surface area contributed by atoms with Crippen LogP contribution in [0.2, 0.25) is 0 Å². The highest BCUT2D eigenvalue weighted by Crippen LogP contribution is 2.18. The van der Waals surface area contributed by atoms with E-state index in [4.69, 9.17) is 4.84 Å². The van der Waals surface area contributed by atoms with Crippen LogP contribution in [0, 0.1) is 6.92 Å². The molecule has 3 rings (SSSR count). The molecule has 0 fully saturated rings. The first kappa shape index (κ1) is 20.6. The maximum Gasteiger partial charge on any atom is 0.265 e. The van der Waals surface area contributed by atoms with E-state index in [1.807, 2.05) is 68.4 Å². The molecule has 0 radical (unpaired) electrons. The van der Waals surface area contributed by atoms with Crippen molar-refractivity contribution in [1.29, 1.82) is 0 Å². The average Bonchev–Trinajstić information content (AvgIpc) is 3.23. The number of carbonyl (C=O) groups is 2. The van der Waals surface area contributed by atoms with Crippen molar-refractivity contribution in [2.75, 3.05) is 6.54 Å². The molecule has 1 aliphatic rings. The molecule has 2 aromatic carbocycles. The lowest BCUT2D eigenvalue weighted by Crippen LogP contribution is -2.51. The summed E-state index contributed by atoms with van der Waals surface area (Å²) in [5.74, 6) is -0.523. The topological polar surface area (TPSA) is 79.8 Å². The summed E-state index contributed by atoms with van der Waals surface area (Å²) in [5, 5.41) is 9.79. The highest BCUT2D eigenvalue weighted by Gasteiger charge is 2.32. The summed E-state index contributed by atoms with van der Waals surface area (Å²) in [5.41, 5.74) is 3.81. The third-order valence-corrected chi connectivity index (χ3v) is 4.81. The minimum absolute atomic E-state index is 0.193. The highest BCUT2D eigenvalue weighted by molar-refractivity contribution is 6.04. The Kier molecular flexibility index (Phi) is 7.00. The standard InChI is InChI=1S/C23H27N3O3/c1-3-13-24-22(27)20(14-17-7-5-4-6-8-17)25-23(28)21-15-19(26-29-21)18-11-9-16(2)10-12-18/h4-12,20-21H,3,13-15H2,1-2H3,(H,24,27)(H,25,28)/t20-,21-/m0/s1. The minimum Gasteiger partial charge on any atom is -0.382 e. The SMILES string of the molecule is CCCNC(=O)[C@H](Cc1ccccc1)NC(=O)[C@@H]1CC(c2ccc(C)cc2)=NO1. The first-order valence-electron chi connectivity index (χ1n) is 9.98. The predicted octanol–water partition coefficient (Wildman–Crippen LogP) is 2.74. The van der Waals surface area contributed by atoms with Crippen molar-refractivity contribution in [2.45, 2.75) is 45.3 Å². The molecule has 0 bridgehead atoms. The van der Waals surface area contributed by atoms with Gasteiger partial charge in [-0.05, 0) is 24.5 Å². The van der Waals surface area contributed by atoms with Crippen molar-refractivity contribution in [3.8, 4) is 0 Å². The lowest BCUT2D eigenvalue weighted by atomic mass is 10.0. The van der Waals surface area contributed by atoms with Crippen LogP contribution in [0.15, 0.2) is 59.8 Å². The fourth-order valence-corrected chi connectivity index (χ4v) is 3.13. The van der Waals surface area contributed by atoms with Crippen LogP contribution < -0.4 is 10.6 Å². The van der Waals surface area contributed by atoms with Crippen molar-refractivity contribution in [3.05, 3.63) is 71.3 Å². The third-order valence-electron chi connectivity index (χ3n) is 4.81. The molecule has 0 saturated carbocycles. The zero-order valence-electron chi connectivity index (χ0n) is 16.9. The van der Waals surface area contributed by atoms with Gasteiger partial charge in [0.25, 0.3) is 5.91 Å². The molecule has 6 nitrogen and oxygen atoms in total. The second-order valence-electron chi connectivity index (χ2n) is 7.24. The maximum atomic E-state index is 12.8. The van der Waals surface area contributed by atoms with E-state index in [-0.39, 0.29) is 11.8 Å². The molecular formula is C23H27N3O3. The molecule has 2 N–H and O–H groups in total. The zero-order chi connectivity index (χ0) is 20.6. The normalized spacial score (nSPS) is 16.5. The van der Waals surface area contributed by atoms with Gasteiger partial charge in [0.05, 0.1) is 5.71 Å². The molecule has 152 valence electrons. The van der Waals surface area contributed by atoms with Gasteiger partial charge in [0.15, 0.2) is 0 Å². The van der Waals surface area contributed by atoms with E-state index in [0.29, 0.717) is 19.4 Å². The van der Waals surface area contributed by atoms with Gasteiger partial charge in [-0.15, -0.1) is 0 Å². The quantitative estimate of drug-likeness (QED) is 0.724. The van der Waals surface area contributed by atoms with Gasteiger partial charge in [-0.3, -0.25) is 9.59 Å². The lowest BCUT2D eigenvalue weighted by Gasteiger charge is -2.20. The first-order chi connectivity index (χ1) is 14.1. The zero-order valence-corrected chi connectivity index (χ0v) is 16.9. The molecule has 29 heavy (non-hydrogen) atoms. The van der Waals surface area contributed by atoms with Gasteiger partial charge in [0.1, 0.15) is 6.04 Å². The van der Waals surface area contributed by atoms with Crippen molar-refractivity contribution in [2.24, 2.45) is 5.16 Å². The number of oxime groups is 1. The second-order valence-corrected chi connectivity index (χ2v) is 7.24. The number of hydrogen-bond acceptors (Lipinski definition) is 4. The smallest absolute Gasteiger partial charge is 0.265 e. The molecular weight excluding hydrogens is 366 g/mol. The van der Waals surface area contributed by atoms with E-state index in [2.05, 4.69) is 15.8 Å². The van der Waals surface area contributed by atoms with Gasteiger partial charge in [-0.25, -0.2) is 0 Å². The van der Waals surface area contributed by atoms with Crippen LogP contribution in [-0.4, -0.2) is 36.2 Å².